The van der Waals surface area contributed by atoms with E-state index < -0.39 is 11.6 Å². The average molecular weight is 506 g/mol. The highest BCUT2D eigenvalue weighted by Gasteiger charge is 2.15. The lowest BCUT2D eigenvalue weighted by Crippen LogP contribution is -2.07. The molecule has 0 saturated heterocycles. The van der Waals surface area contributed by atoms with Gasteiger partial charge >= 0.3 is 0 Å². The molecule has 3 N–H and O–H groups in total. The molecule has 0 aliphatic rings. The van der Waals surface area contributed by atoms with Crippen LogP contribution in [-0.4, -0.2) is 17.5 Å². The number of hydrogen-bond donors (Lipinski definition) is 2. The molecule has 170 valence electrons. The minimum absolute atomic E-state index is 0.140. The van der Waals surface area contributed by atoms with Gasteiger partial charge in [0.1, 0.15) is 28.5 Å². The number of aryl methyl sites for hydroxylation is 2. The molecule has 7 heteroatoms. The minimum Gasteiger partial charge on any atom is -0.487 e. The van der Waals surface area contributed by atoms with Gasteiger partial charge in [-0.2, -0.15) is 0 Å². The van der Waals surface area contributed by atoms with Crippen LogP contribution >= 0.6 is 15.9 Å². The third-order valence-corrected chi connectivity index (χ3v) is 5.66. The van der Waals surface area contributed by atoms with E-state index in [1.54, 1.807) is 6.92 Å². The Kier molecular flexibility index (Phi) is 9.35. The van der Waals surface area contributed by atoms with Crippen LogP contribution in [0.4, 0.5) is 8.78 Å². The van der Waals surface area contributed by atoms with Gasteiger partial charge in [-0.1, -0.05) is 18.7 Å². The minimum atomic E-state index is -0.744. The summed E-state index contributed by atoms with van der Waals surface area (Å²) in [6.45, 7) is 6.91. The molecule has 0 aromatic heterocycles. The number of aliphatic hydroxyl groups is 1. The summed E-state index contributed by atoms with van der Waals surface area (Å²) < 4.78 is 32.9. The van der Waals surface area contributed by atoms with E-state index in [2.05, 4.69) is 22.5 Å². The smallest absolute Gasteiger partial charge is 0.173 e. The van der Waals surface area contributed by atoms with Crippen molar-refractivity contribution >= 4 is 27.4 Å². The zero-order valence-corrected chi connectivity index (χ0v) is 19.6. The standard InChI is InChI=1S/C25H26BrF2NO3/c1-15(13-30)10-24(32-14-20-6-8-21(27)12-22(20)28)25(26)23(31)9-7-18-11-19(17(3)29)5-4-16(18)2/h4-6,8,10-12,30H,3,7,9,13-14,29H2,1-2H3/b15-10+,25-24-. The second kappa shape index (κ2) is 11.7. The van der Waals surface area contributed by atoms with Crippen molar-refractivity contribution in [2.24, 2.45) is 5.73 Å². The number of carbonyl (C=O) groups excluding carboxylic acids is 1. The van der Waals surface area contributed by atoms with E-state index in [9.17, 15) is 18.7 Å². The molecule has 0 atom stereocenters. The van der Waals surface area contributed by atoms with Crippen LogP contribution < -0.4 is 5.73 Å². The van der Waals surface area contributed by atoms with Gasteiger partial charge in [0.15, 0.2) is 5.78 Å². The molecule has 4 nitrogen and oxygen atoms in total. The lowest BCUT2D eigenvalue weighted by Gasteiger charge is -2.12. The summed E-state index contributed by atoms with van der Waals surface area (Å²) in [6, 6.07) is 8.89. The Bertz CT molecular complexity index is 1080. The van der Waals surface area contributed by atoms with Crippen molar-refractivity contribution in [2.75, 3.05) is 6.61 Å². The molecule has 0 bridgehead atoms. The molecule has 0 radical (unpaired) electrons. The van der Waals surface area contributed by atoms with Gasteiger partial charge in [-0.3, -0.25) is 4.79 Å². The highest BCUT2D eigenvalue weighted by molar-refractivity contribution is 9.12. The fourth-order valence-electron chi connectivity index (χ4n) is 2.87. The lowest BCUT2D eigenvalue weighted by molar-refractivity contribution is -0.115. The fraction of sp³-hybridized carbons (Fsp3) is 0.240. The monoisotopic (exact) mass is 505 g/mol. The van der Waals surface area contributed by atoms with E-state index in [0.29, 0.717) is 17.7 Å². The first-order chi connectivity index (χ1) is 15.1. The molecule has 0 spiro atoms. The number of allylic oxidation sites excluding steroid dienone is 2. The highest BCUT2D eigenvalue weighted by atomic mass is 79.9. The van der Waals surface area contributed by atoms with Gasteiger partial charge in [0.25, 0.3) is 0 Å². The van der Waals surface area contributed by atoms with Crippen molar-refractivity contribution in [1.82, 2.24) is 0 Å². The van der Waals surface area contributed by atoms with Crippen molar-refractivity contribution in [3.05, 3.63) is 98.8 Å². The van der Waals surface area contributed by atoms with Crippen LogP contribution in [0.3, 0.4) is 0 Å². The number of benzene rings is 2. The first-order valence-corrected chi connectivity index (χ1v) is 10.7. The number of aliphatic hydroxyl groups excluding tert-OH is 1. The second-order valence-electron chi connectivity index (χ2n) is 7.44. The summed E-state index contributed by atoms with van der Waals surface area (Å²) in [6.07, 6.45) is 2.17. The third-order valence-electron chi connectivity index (χ3n) is 4.83. The highest BCUT2D eigenvalue weighted by Crippen LogP contribution is 2.23. The topological polar surface area (TPSA) is 72.6 Å². The molecule has 2 rings (SSSR count). The van der Waals surface area contributed by atoms with Crippen molar-refractivity contribution in [2.45, 2.75) is 33.3 Å². The van der Waals surface area contributed by atoms with Gasteiger partial charge in [-0.05, 0) is 82.7 Å². The maximum atomic E-state index is 13.9. The van der Waals surface area contributed by atoms with Crippen LogP contribution in [0.2, 0.25) is 0 Å². The number of halogens is 3. The average Bonchev–Trinajstić information content (AvgIpc) is 2.75. The van der Waals surface area contributed by atoms with E-state index in [-0.39, 0.29) is 41.2 Å². The summed E-state index contributed by atoms with van der Waals surface area (Å²) in [5, 5.41) is 9.35. The van der Waals surface area contributed by atoms with E-state index in [0.717, 1.165) is 28.8 Å². The van der Waals surface area contributed by atoms with E-state index in [1.165, 1.54) is 12.1 Å². The predicted octanol–water partition coefficient (Wildman–Crippen LogP) is 5.47. The molecular weight excluding hydrogens is 480 g/mol. The number of Topliss-reactive ketones (excluding diaryl/α,β-unsaturated/α-hetero) is 1. The molecule has 2 aromatic carbocycles. The quantitative estimate of drug-likeness (QED) is 0.255. The second-order valence-corrected chi connectivity index (χ2v) is 8.23. The van der Waals surface area contributed by atoms with E-state index in [1.807, 2.05) is 25.1 Å². The largest absolute Gasteiger partial charge is 0.487 e. The van der Waals surface area contributed by atoms with Crippen molar-refractivity contribution in [3.8, 4) is 0 Å². The Hall–Kier alpha value is -2.77. The Morgan fingerprint density at radius 2 is 1.94 bits per heavy atom. The zero-order valence-electron chi connectivity index (χ0n) is 18.1. The predicted molar refractivity (Wildman–Crippen MR) is 126 cm³/mol. The Morgan fingerprint density at radius 1 is 1.22 bits per heavy atom. The third kappa shape index (κ3) is 7.14. The van der Waals surface area contributed by atoms with Gasteiger partial charge in [-0.15, -0.1) is 0 Å². The maximum Gasteiger partial charge on any atom is 0.173 e. The van der Waals surface area contributed by atoms with Crippen molar-refractivity contribution in [3.63, 3.8) is 0 Å². The van der Waals surface area contributed by atoms with Crippen LogP contribution in [0.25, 0.3) is 5.70 Å². The zero-order chi connectivity index (χ0) is 23.8. The van der Waals surface area contributed by atoms with Crippen molar-refractivity contribution in [1.29, 1.82) is 0 Å². The number of hydrogen-bond acceptors (Lipinski definition) is 4. The maximum absolute atomic E-state index is 13.9. The molecule has 32 heavy (non-hydrogen) atoms. The SMILES string of the molecule is C=C(N)c1ccc(C)c(CCC(=O)/C(Br)=C(\C=C(/C)CO)OCc2ccc(F)cc2F)c1. The molecule has 0 fully saturated rings. The van der Waals surface area contributed by atoms with Crippen LogP contribution in [0.5, 0.6) is 0 Å². The molecule has 0 saturated carbocycles. The molecule has 2 aromatic rings. The van der Waals surface area contributed by atoms with Gasteiger partial charge in [-0.25, -0.2) is 8.78 Å². The molecule has 0 amide bonds. The Labute approximate surface area is 195 Å². The van der Waals surface area contributed by atoms with Gasteiger partial charge in [0.2, 0.25) is 0 Å². The molecular formula is C25H26BrF2NO3. The van der Waals surface area contributed by atoms with Crippen LogP contribution in [-0.2, 0) is 22.6 Å². The van der Waals surface area contributed by atoms with E-state index in [4.69, 9.17) is 10.5 Å². The Balaban J connectivity index is 2.21. The summed E-state index contributed by atoms with van der Waals surface area (Å²) in [5.41, 5.74) is 9.72. The summed E-state index contributed by atoms with van der Waals surface area (Å²) >= 11 is 3.29. The first kappa shape index (κ1) is 25.5. The normalized spacial score (nSPS) is 12.4. The molecule has 0 heterocycles. The molecule has 0 aliphatic heterocycles. The van der Waals surface area contributed by atoms with Crippen molar-refractivity contribution < 1.29 is 23.4 Å². The number of ether oxygens (including phenoxy) is 1. The summed E-state index contributed by atoms with van der Waals surface area (Å²) in [5.74, 6) is -1.50. The van der Waals surface area contributed by atoms with Gasteiger partial charge < -0.3 is 15.6 Å². The summed E-state index contributed by atoms with van der Waals surface area (Å²) in [7, 11) is 0. The molecule has 0 aliphatic carbocycles. The van der Waals surface area contributed by atoms with Crippen LogP contribution in [0.1, 0.15) is 35.6 Å². The number of nitrogens with two attached hydrogens (primary N) is 1. The van der Waals surface area contributed by atoms with Gasteiger partial charge in [0, 0.05) is 23.7 Å². The lowest BCUT2D eigenvalue weighted by atomic mass is 9.98. The Morgan fingerprint density at radius 3 is 2.56 bits per heavy atom. The van der Waals surface area contributed by atoms with Crippen LogP contribution in [0, 0.1) is 18.6 Å². The number of ketones is 1. The molecule has 0 unspecified atom stereocenters. The number of carbonyl (C=O) groups is 1. The van der Waals surface area contributed by atoms with E-state index >= 15 is 0 Å². The van der Waals surface area contributed by atoms with Crippen LogP contribution in [0.15, 0.2) is 64.9 Å². The van der Waals surface area contributed by atoms with Gasteiger partial charge in [0.05, 0.1) is 6.61 Å². The first-order valence-electron chi connectivity index (χ1n) is 9.94. The summed E-state index contributed by atoms with van der Waals surface area (Å²) in [4.78, 5) is 12.8. The fourth-order valence-corrected chi connectivity index (χ4v) is 3.30. The number of rotatable bonds is 10.